The summed E-state index contributed by atoms with van der Waals surface area (Å²) in [5.74, 6) is 2.04. The van der Waals surface area contributed by atoms with Gasteiger partial charge in [0.05, 0.1) is 26.0 Å². The second-order valence-electron chi connectivity index (χ2n) is 6.41. The van der Waals surface area contributed by atoms with E-state index in [9.17, 15) is 5.11 Å². The maximum atomic E-state index is 10.7. The number of hydrogen-bond acceptors (Lipinski definition) is 5. The molecule has 0 aliphatic carbocycles. The van der Waals surface area contributed by atoms with Crippen LogP contribution in [0.4, 0.5) is 0 Å². The summed E-state index contributed by atoms with van der Waals surface area (Å²) in [7, 11) is 3.24. The highest BCUT2D eigenvalue weighted by Crippen LogP contribution is 2.35. The SMILES string of the molecule is COc1cc2ccnc(C(O)CCC3CCNCC3)c2cc1OC. The van der Waals surface area contributed by atoms with Crippen molar-refractivity contribution in [1.82, 2.24) is 10.3 Å². The van der Waals surface area contributed by atoms with Crippen LogP contribution in [0.2, 0.25) is 0 Å². The molecule has 3 rings (SSSR count). The van der Waals surface area contributed by atoms with Crippen molar-refractivity contribution in [1.29, 1.82) is 0 Å². The van der Waals surface area contributed by atoms with Crippen molar-refractivity contribution in [2.24, 2.45) is 5.92 Å². The second kappa shape index (κ2) is 7.81. The molecule has 1 aliphatic heterocycles. The van der Waals surface area contributed by atoms with Gasteiger partial charge >= 0.3 is 0 Å². The van der Waals surface area contributed by atoms with Crippen LogP contribution in [-0.4, -0.2) is 37.4 Å². The van der Waals surface area contributed by atoms with Crippen LogP contribution in [0.5, 0.6) is 11.5 Å². The number of aliphatic hydroxyl groups is 1. The smallest absolute Gasteiger partial charge is 0.161 e. The minimum atomic E-state index is -0.554. The van der Waals surface area contributed by atoms with Gasteiger partial charge in [-0.1, -0.05) is 0 Å². The molecule has 2 aromatic rings. The molecule has 1 atom stereocenters. The molecule has 2 heterocycles. The molecule has 1 unspecified atom stereocenters. The Morgan fingerprint density at radius 2 is 1.92 bits per heavy atom. The van der Waals surface area contributed by atoms with Crippen LogP contribution in [0.25, 0.3) is 10.8 Å². The molecule has 5 heteroatoms. The lowest BCUT2D eigenvalue weighted by atomic mass is 9.91. The monoisotopic (exact) mass is 330 g/mol. The molecule has 130 valence electrons. The van der Waals surface area contributed by atoms with E-state index in [1.165, 1.54) is 12.8 Å². The summed E-state index contributed by atoms with van der Waals surface area (Å²) >= 11 is 0. The molecule has 0 radical (unpaired) electrons. The third-order valence-electron chi connectivity index (χ3n) is 4.92. The van der Waals surface area contributed by atoms with E-state index >= 15 is 0 Å². The van der Waals surface area contributed by atoms with E-state index in [1.54, 1.807) is 20.4 Å². The van der Waals surface area contributed by atoms with Crippen LogP contribution in [0.1, 0.15) is 37.5 Å². The highest BCUT2D eigenvalue weighted by molar-refractivity contribution is 5.88. The van der Waals surface area contributed by atoms with Gasteiger partial charge < -0.3 is 19.9 Å². The average Bonchev–Trinajstić information content (AvgIpc) is 2.65. The zero-order valence-electron chi connectivity index (χ0n) is 14.4. The van der Waals surface area contributed by atoms with E-state index in [1.807, 2.05) is 18.2 Å². The summed E-state index contributed by atoms with van der Waals surface area (Å²) in [6.07, 6.45) is 5.36. The minimum absolute atomic E-state index is 0.554. The zero-order valence-corrected chi connectivity index (χ0v) is 14.4. The fourth-order valence-electron chi connectivity index (χ4n) is 3.49. The molecule has 0 amide bonds. The van der Waals surface area contributed by atoms with Crippen LogP contribution in [0.3, 0.4) is 0 Å². The lowest BCUT2D eigenvalue weighted by Crippen LogP contribution is -2.27. The fourth-order valence-corrected chi connectivity index (χ4v) is 3.49. The normalized spacial score (nSPS) is 17.0. The van der Waals surface area contributed by atoms with E-state index in [4.69, 9.17) is 9.47 Å². The summed E-state index contributed by atoms with van der Waals surface area (Å²) < 4.78 is 10.8. The standard InChI is InChI=1S/C19H26N2O3/c1-23-17-11-14-7-10-21-19(15(14)12-18(17)24-2)16(22)4-3-13-5-8-20-9-6-13/h7,10-13,16,20,22H,3-6,8-9H2,1-2H3. The van der Waals surface area contributed by atoms with Gasteiger partial charge in [0.15, 0.2) is 11.5 Å². The minimum Gasteiger partial charge on any atom is -0.493 e. The number of methoxy groups -OCH3 is 2. The first-order valence-corrected chi connectivity index (χ1v) is 8.62. The molecule has 2 N–H and O–H groups in total. The maximum absolute atomic E-state index is 10.7. The number of nitrogens with one attached hydrogen (secondary N) is 1. The molecule has 0 saturated carbocycles. The number of ether oxygens (including phenoxy) is 2. The van der Waals surface area contributed by atoms with Crippen molar-refractivity contribution in [3.05, 3.63) is 30.1 Å². The largest absolute Gasteiger partial charge is 0.493 e. The van der Waals surface area contributed by atoms with Crippen LogP contribution in [0, 0.1) is 5.92 Å². The first-order chi connectivity index (χ1) is 11.7. The first-order valence-electron chi connectivity index (χ1n) is 8.62. The molecule has 0 bridgehead atoms. The Balaban J connectivity index is 1.82. The van der Waals surface area contributed by atoms with Gasteiger partial charge in [-0.2, -0.15) is 0 Å². The average molecular weight is 330 g/mol. The maximum Gasteiger partial charge on any atom is 0.161 e. The summed E-state index contributed by atoms with van der Waals surface area (Å²) in [5.41, 5.74) is 0.724. The van der Waals surface area contributed by atoms with Crippen molar-refractivity contribution in [2.45, 2.75) is 31.8 Å². The van der Waals surface area contributed by atoms with E-state index < -0.39 is 6.10 Å². The van der Waals surface area contributed by atoms with Crippen molar-refractivity contribution in [3.63, 3.8) is 0 Å². The van der Waals surface area contributed by atoms with Gasteiger partial charge in [0.1, 0.15) is 0 Å². The molecule has 1 aromatic carbocycles. The van der Waals surface area contributed by atoms with Gasteiger partial charge in [-0.05, 0) is 68.3 Å². The predicted octanol–water partition coefficient (Wildman–Crippen LogP) is 3.07. The van der Waals surface area contributed by atoms with E-state index in [0.717, 1.165) is 42.4 Å². The topological polar surface area (TPSA) is 63.6 Å². The highest BCUT2D eigenvalue weighted by Gasteiger charge is 2.19. The number of pyridine rings is 1. The van der Waals surface area contributed by atoms with Gasteiger partial charge in [-0.25, -0.2) is 0 Å². The van der Waals surface area contributed by atoms with Gasteiger partial charge in [-0.3, -0.25) is 4.98 Å². The summed E-state index contributed by atoms with van der Waals surface area (Å²) in [4.78, 5) is 4.44. The molecule has 0 spiro atoms. The molecule has 24 heavy (non-hydrogen) atoms. The van der Waals surface area contributed by atoms with Gasteiger partial charge in [0, 0.05) is 11.6 Å². The Kier molecular flexibility index (Phi) is 5.53. The number of nitrogens with zero attached hydrogens (tertiary/aromatic N) is 1. The van der Waals surface area contributed by atoms with Crippen molar-refractivity contribution < 1.29 is 14.6 Å². The van der Waals surface area contributed by atoms with Crippen LogP contribution < -0.4 is 14.8 Å². The van der Waals surface area contributed by atoms with Crippen LogP contribution in [0.15, 0.2) is 24.4 Å². The van der Waals surface area contributed by atoms with Crippen molar-refractivity contribution in [2.75, 3.05) is 27.3 Å². The quantitative estimate of drug-likeness (QED) is 0.852. The highest BCUT2D eigenvalue weighted by atomic mass is 16.5. The summed E-state index contributed by atoms with van der Waals surface area (Å²) in [6.45, 7) is 2.18. The third kappa shape index (κ3) is 3.62. The molecular weight excluding hydrogens is 304 g/mol. The van der Waals surface area contributed by atoms with E-state index in [2.05, 4.69) is 10.3 Å². The Hall–Kier alpha value is -1.85. The Bertz CT molecular complexity index is 684. The van der Waals surface area contributed by atoms with Crippen molar-refractivity contribution in [3.8, 4) is 11.5 Å². The van der Waals surface area contributed by atoms with Crippen molar-refractivity contribution >= 4 is 10.8 Å². The summed E-state index contributed by atoms with van der Waals surface area (Å²) in [6, 6.07) is 5.77. The van der Waals surface area contributed by atoms with Crippen LogP contribution in [-0.2, 0) is 0 Å². The number of benzene rings is 1. The number of aliphatic hydroxyl groups excluding tert-OH is 1. The first kappa shape index (κ1) is 17.0. The summed E-state index contributed by atoms with van der Waals surface area (Å²) in [5, 5.41) is 16.0. The number of piperidine rings is 1. The molecule has 1 aromatic heterocycles. The van der Waals surface area contributed by atoms with Gasteiger partial charge in [0.25, 0.3) is 0 Å². The molecule has 1 saturated heterocycles. The third-order valence-corrected chi connectivity index (χ3v) is 4.92. The number of rotatable bonds is 6. The Morgan fingerprint density at radius 1 is 1.21 bits per heavy atom. The van der Waals surface area contributed by atoms with E-state index in [0.29, 0.717) is 17.4 Å². The number of aromatic nitrogens is 1. The Morgan fingerprint density at radius 3 is 2.62 bits per heavy atom. The van der Waals surface area contributed by atoms with E-state index in [-0.39, 0.29) is 0 Å². The number of hydrogen-bond donors (Lipinski definition) is 2. The lowest BCUT2D eigenvalue weighted by Gasteiger charge is -2.23. The zero-order chi connectivity index (χ0) is 16.9. The fraction of sp³-hybridized carbons (Fsp3) is 0.526. The van der Waals surface area contributed by atoms with Gasteiger partial charge in [-0.15, -0.1) is 0 Å². The molecule has 1 aliphatic rings. The molecule has 1 fully saturated rings. The predicted molar refractivity (Wildman–Crippen MR) is 94.6 cm³/mol. The number of fused-ring (bicyclic) bond motifs is 1. The lowest BCUT2D eigenvalue weighted by molar-refractivity contribution is 0.149. The molecular formula is C19H26N2O3. The van der Waals surface area contributed by atoms with Gasteiger partial charge in [0.2, 0.25) is 0 Å². The Labute approximate surface area is 143 Å². The second-order valence-corrected chi connectivity index (χ2v) is 6.41. The molecule has 5 nitrogen and oxygen atoms in total. The van der Waals surface area contributed by atoms with Crippen LogP contribution >= 0.6 is 0 Å².